The molecule has 100 valence electrons. The van der Waals surface area contributed by atoms with E-state index in [2.05, 4.69) is 5.32 Å². The van der Waals surface area contributed by atoms with Gasteiger partial charge in [0.05, 0.1) is 6.61 Å². The number of methoxy groups -OCH3 is 1. The maximum absolute atomic E-state index is 13.5. The van der Waals surface area contributed by atoms with Crippen LogP contribution in [0.5, 0.6) is 5.75 Å². The Kier molecular flexibility index (Phi) is 6.10. The highest BCUT2D eigenvalue weighted by molar-refractivity contribution is 5.75. The highest BCUT2D eigenvalue weighted by atomic mass is 19.1. The smallest absolute Gasteiger partial charge is 0.255 e. The van der Waals surface area contributed by atoms with E-state index in [-0.39, 0.29) is 12.4 Å². The Morgan fingerprint density at radius 1 is 1.50 bits per heavy atom. The summed E-state index contributed by atoms with van der Waals surface area (Å²) in [5.74, 6) is -1.13. The van der Waals surface area contributed by atoms with Crippen molar-refractivity contribution in [2.24, 2.45) is 5.73 Å². The van der Waals surface area contributed by atoms with Crippen LogP contribution >= 0.6 is 0 Å². The molecule has 0 atom stereocenters. The average molecular weight is 256 g/mol. The van der Waals surface area contributed by atoms with Crippen LogP contribution in [0.3, 0.4) is 0 Å². The molecule has 6 heteroatoms. The van der Waals surface area contributed by atoms with Crippen LogP contribution in [0.2, 0.25) is 0 Å². The fourth-order valence-electron chi connectivity index (χ4n) is 1.33. The van der Waals surface area contributed by atoms with Crippen molar-refractivity contribution >= 4 is 5.91 Å². The fraction of sp³-hybridized carbons (Fsp3) is 0.417. The van der Waals surface area contributed by atoms with Crippen LogP contribution in [-0.2, 0) is 16.1 Å². The molecule has 1 rings (SSSR count). The zero-order valence-electron chi connectivity index (χ0n) is 10.2. The molecule has 0 aliphatic heterocycles. The van der Waals surface area contributed by atoms with Gasteiger partial charge in [0.25, 0.3) is 5.91 Å². The van der Waals surface area contributed by atoms with Gasteiger partial charge in [-0.3, -0.25) is 4.79 Å². The lowest BCUT2D eigenvalue weighted by Gasteiger charge is -2.08. The molecule has 0 aromatic heterocycles. The number of nitrogens with one attached hydrogen (secondary N) is 1. The highest BCUT2D eigenvalue weighted by Gasteiger charge is 2.06. The van der Waals surface area contributed by atoms with Gasteiger partial charge in [-0.15, -0.1) is 0 Å². The number of nitrogens with two attached hydrogens (primary N) is 1. The van der Waals surface area contributed by atoms with Crippen LogP contribution in [0.25, 0.3) is 0 Å². The van der Waals surface area contributed by atoms with Gasteiger partial charge in [-0.25, -0.2) is 4.39 Å². The van der Waals surface area contributed by atoms with Gasteiger partial charge in [0.15, 0.2) is 18.2 Å². The Morgan fingerprint density at radius 2 is 2.28 bits per heavy atom. The maximum atomic E-state index is 13.5. The molecule has 0 spiro atoms. The summed E-state index contributed by atoms with van der Waals surface area (Å²) in [7, 11) is 1.62. The first kappa shape index (κ1) is 14.4. The molecule has 0 saturated heterocycles. The van der Waals surface area contributed by atoms with Crippen LogP contribution in [0.4, 0.5) is 4.39 Å². The Hall–Kier alpha value is -1.66. The zero-order valence-corrected chi connectivity index (χ0v) is 10.2. The second-order valence-electron chi connectivity index (χ2n) is 3.69. The molecule has 0 bridgehead atoms. The van der Waals surface area contributed by atoms with Gasteiger partial charge < -0.3 is 20.5 Å². The molecule has 0 aliphatic carbocycles. The Bertz CT molecular complexity index is 399. The standard InChI is InChI=1S/C12H17FN2O3/c1-17-5-4-15-7-9-2-3-11(10(13)6-9)18-8-12(14)16/h2-3,6,15H,4-5,7-8H2,1H3,(H2,14,16). The topological polar surface area (TPSA) is 73.6 Å². The van der Waals surface area contributed by atoms with Crippen LogP contribution < -0.4 is 15.8 Å². The van der Waals surface area contributed by atoms with E-state index in [9.17, 15) is 9.18 Å². The molecule has 1 amide bonds. The summed E-state index contributed by atoms with van der Waals surface area (Å²) >= 11 is 0. The fourth-order valence-corrected chi connectivity index (χ4v) is 1.33. The van der Waals surface area contributed by atoms with Crippen molar-refractivity contribution in [3.63, 3.8) is 0 Å². The summed E-state index contributed by atoms with van der Waals surface area (Å²) in [4.78, 5) is 10.5. The number of benzene rings is 1. The molecule has 0 unspecified atom stereocenters. The third-order valence-electron chi connectivity index (χ3n) is 2.18. The Balaban J connectivity index is 2.48. The number of hydrogen-bond donors (Lipinski definition) is 2. The number of halogens is 1. The zero-order chi connectivity index (χ0) is 13.4. The number of rotatable bonds is 8. The SMILES string of the molecule is COCCNCc1ccc(OCC(N)=O)c(F)c1. The molecule has 0 heterocycles. The highest BCUT2D eigenvalue weighted by Crippen LogP contribution is 2.18. The molecule has 0 fully saturated rings. The summed E-state index contributed by atoms with van der Waals surface area (Å²) in [6, 6.07) is 4.56. The van der Waals surface area contributed by atoms with Crippen molar-refractivity contribution in [2.45, 2.75) is 6.54 Å². The van der Waals surface area contributed by atoms with E-state index in [1.54, 1.807) is 13.2 Å². The van der Waals surface area contributed by atoms with Gasteiger partial charge in [0, 0.05) is 20.2 Å². The third-order valence-corrected chi connectivity index (χ3v) is 2.18. The maximum Gasteiger partial charge on any atom is 0.255 e. The summed E-state index contributed by atoms with van der Waals surface area (Å²) in [5.41, 5.74) is 5.69. The van der Waals surface area contributed by atoms with E-state index in [0.717, 1.165) is 5.56 Å². The summed E-state index contributed by atoms with van der Waals surface area (Å²) in [5, 5.41) is 3.09. The molecular weight excluding hydrogens is 239 g/mol. The molecule has 5 nitrogen and oxygen atoms in total. The quantitative estimate of drug-likeness (QED) is 0.661. The van der Waals surface area contributed by atoms with Crippen molar-refractivity contribution in [2.75, 3.05) is 26.9 Å². The largest absolute Gasteiger partial charge is 0.481 e. The number of carbonyl (C=O) groups is 1. The molecule has 1 aromatic rings. The molecule has 1 aromatic carbocycles. The molecular formula is C12H17FN2O3. The minimum absolute atomic E-state index is 0.0226. The van der Waals surface area contributed by atoms with Gasteiger partial charge >= 0.3 is 0 Å². The minimum Gasteiger partial charge on any atom is -0.481 e. The van der Waals surface area contributed by atoms with E-state index in [1.165, 1.54) is 12.1 Å². The summed E-state index contributed by atoms with van der Waals surface area (Å²) in [6.45, 7) is 1.50. The van der Waals surface area contributed by atoms with Crippen LogP contribution in [0, 0.1) is 5.82 Å². The first-order chi connectivity index (χ1) is 8.63. The third kappa shape index (κ3) is 5.11. The lowest BCUT2D eigenvalue weighted by molar-refractivity contribution is -0.120. The number of hydrogen-bond acceptors (Lipinski definition) is 4. The first-order valence-electron chi connectivity index (χ1n) is 5.52. The van der Waals surface area contributed by atoms with Gasteiger partial charge in [-0.2, -0.15) is 0 Å². The molecule has 0 radical (unpaired) electrons. The minimum atomic E-state index is -0.639. The van der Waals surface area contributed by atoms with Crippen molar-refractivity contribution < 1.29 is 18.7 Å². The lowest BCUT2D eigenvalue weighted by Crippen LogP contribution is -2.20. The lowest BCUT2D eigenvalue weighted by atomic mass is 10.2. The molecule has 0 aliphatic rings. The normalized spacial score (nSPS) is 10.3. The molecule has 0 saturated carbocycles. The van der Waals surface area contributed by atoms with Crippen LogP contribution in [-0.4, -0.2) is 32.8 Å². The van der Waals surface area contributed by atoms with Gasteiger partial charge in [-0.05, 0) is 17.7 Å². The number of ether oxygens (including phenoxy) is 2. The van der Waals surface area contributed by atoms with E-state index >= 15 is 0 Å². The summed E-state index contributed by atoms with van der Waals surface area (Å²) in [6.07, 6.45) is 0. The molecule has 18 heavy (non-hydrogen) atoms. The van der Waals surface area contributed by atoms with Crippen LogP contribution in [0.1, 0.15) is 5.56 Å². The second-order valence-corrected chi connectivity index (χ2v) is 3.69. The predicted molar refractivity (Wildman–Crippen MR) is 64.7 cm³/mol. The predicted octanol–water partition coefficient (Wildman–Crippen LogP) is 0.426. The monoisotopic (exact) mass is 256 g/mol. The van der Waals surface area contributed by atoms with E-state index in [4.69, 9.17) is 15.2 Å². The van der Waals surface area contributed by atoms with E-state index < -0.39 is 11.7 Å². The average Bonchev–Trinajstić information content (AvgIpc) is 2.33. The van der Waals surface area contributed by atoms with E-state index in [1.807, 2.05) is 0 Å². The summed E-state index contributed by atoms with van der Waals surface area (Å²) < 4.78 is 23.3. The van der Waals surface area contributed by atoms with Gasteiger partial charge in [0.2, 0.25) is 0 Å². The van der Waals surface area contributed by atoms with Crippen molar-refractivity contribution in [3.8, 4) is 5.75 Å². The second kappa shape index (κ2) is 7.62. The Morgan fingerprint density at radius 3 is 2.89 bits per heavy atom. The van der Waals surface area contributed by atoms with Gasteiger partial charge in [-0.1, -0.05) is 6.07 Å². The first-order valence-corrected chi connectivity index (χ1v) is 5.52. The van der Waals surface area contributed by atoms with E-state index in [0.29, 0.717) is 19.7 Å². The number of carbonyl (C=O) groups excluding carboxylic acids is 1. The van der Waals surface area contributed by atoms with Crippen molar-refractivity contribution in [1.29, 1.82) is 0 Å². The van der Waals surface area contributed by atoms with Gasteiger partial charge in [0.1, 0.15) is 0 Å². The Labute approximate surface area is 105 Å². The van der Waals surface area contributed by atoms with Crippen LogP contribution in [0.15, 0.2) is 18.2 Å². The van der Waals surface area contributed by atoms with Crippen molar-refractivity contribution in [3.05, 3.63) is 29.6 Å². The number of primary amides is 1. The molecule has 3 N–H and O–H groups in total. The van der Waals surface area contributed by atoms with Crippen molar-refractivity contribution in [1.82, 2.24) is 5.32 Å². The number of amides is 1.